The van der Waals surface area contributed by atoms with Crippen LogP contribution in [0.3, 0.4) is 0 Å². The molecule has 0 bridgehead atoms. The summed E-state index contributed by atoms with van der Waals surface area (Å²) in [5.74, 6) is -0.216. The average Bonchev–Trinajstić information content (AvgIpc) is 3.10. The van der Waals surface area contributed by atoms with Gasteiger partial charge in [0.15, 0.2) is 5.65 Å². The van der Waals surface area contributed by atoms with Gasteiger partial charge in [0, 0.05) is 5.56 Å². The van der Waals surface area contributed by atoms with Crippen LogP contribution in [0, 0.1) is 11.3 Å². The maximum absolute atomic E-state index is 12.6. The molecule has 2 heterocycles. The Morgan fingerprint density at radius 2 is 1.82 bits per heavy atom. The number of carbonyl (C=O) groups excluding carboxylic acids is 1. The lowest BCUT2D eigenvalue weighted by atomic mass is 10.1. The number of rotatable bonds is 2. The molecule has 0 amide bonds. The highest BCUT2D eigenvalue weighted by Gasteiger charge is 2.21. The van der Waals surface area contributed by atoms with Gasteiger partial charge in [-0.1, -0.05) is 42.5 Å². The van der Waals surface area contributed by atoms with Gasteiger partial charge in [0.25, 0.3) is 0 Å². The number of hydrogen-bond donors (Lipinski definition) is 1. The zero-order valence-electron chi connectivity index (χ0n) is 11.4. The highest BCUT2D eigenvalue weighted by atomic mass is 16.1. The second kappa shape index (κ2) is 4.57. The van der Waals surface area contributed by atoms with Crippen molar-refractivity contribution >= 4 is 22.5 Å². The van der Waals surface area contributed by atoms with Crippen molar-refractivity contribution in [2.24, 2.45) is 0 Å². The summed E-state index contributed by atoms with van der Waals surface area (Å²) in [6, 6.07) is 18.5. The summed E-state index contributed by atoms with van der Waals surface area (Å²) in [4.78, 5) is 17.0. The van der Waals surface area contributed by atoms with Crippen LogP contribution >= 0.6 is 0 Å². The lowest BCUT2D eigenvalue weighted by molar-refractivity contribution is 0.103. The first kappa shape index (κ1) is 12.4. The molecular weight excluding hydrogens is 276 g/mol. The topological polar surface area (TPSA) is 74.0 Å². The standard InChI is InChI=1S/C17H10N4O/c18-10-12-15(16(22)11-6-2-1-3-7-11)20-21-14-9-5-4-8-13(14)19-17(12)21/h1-9,20H. The summed E-state index contributed by atoms with van der Waals surface area (Å²) in [6.45, 7) is 0. The van der Waals surface area contributed by atoms with E-state index in [0.717, 1.165) is 11.0 Å². The second-order valence-corrected chi connectivity index (χ2v) is 4.93. The molecule has 0 aliphatic heterocycles. The zero-order chi connectivity index (χ0) is 15.1. The Balaban J connectivity index is 1.99. The molecular formula is C17H10N4O. The molecule has 0 fully saturated rings. The Kier molecular flexibility index (Phi) is 2.57. The Labute approximate surface area is 125 Å². The van der Waals surface area contributed by atoms with Crippen molar-refractivity contribution < 1.29 is 4.79 Å². The largest absolute Gasteiger partial charge is 0.287 e. The number of aromatic amines is 1. The SMILES string of the molecule is N#Cc1c(C(=O)c2ccccc2)[nH]n2c1nc1ccccc12. The van der Waals surface area contributed by atoms with Crippen molar-refractivity contribution in [1.82, 2.24) is 14.6 Å². The molecule has 4 rings (SSSR count). The highest BCUT2D eigenvalue weighted by molar-refractivity contribution is 6.10. The van der Waals surface area contributed by atoms with Gasteiger partial charge in [0.1, 0.15) is 17.3 Å². The van der Waals surface area contributed by atoms with Crippen molar-refractivity contribution in [3.63, 3.8) is 0 Å². The number of aromatic nitrogens is 3. The number of imidazole rings is 1. The average molecular weight is 286 g/mol. The fourth-order valence-electron chi connectivity index (χ4n) is 2.59. The molecule has 2 aromatic carbocycles. The molecule has 0 saturated carbocycles. The number of nitriles is 1. The third-order valence-electron chi connectivity index (χ3n) is 3.63. The molecule has 5 nitrogen and oxygen atoms in total. The van der Waals surface area contributed by atoms with Gasteiger partial charge in [-0.3, -0.25) is 9.89 Å². The van der Waals surface area contributed by atoms with E-state index in [1.165, 1.54) is 0 Å². The molecule has 22 heavy (non-hydrogen) atoms. The lowest BCUT2D eigenvalue weighted by Crippen LogP contribution is -2.04. The van der Waals surface area contributed by atoms with Gasteiger partial charge < -0.3 is 0 Å². The minimum atomic E-state index is -0.216. The monoisotopic (exact) mass is 286 g/mol. The summed E-state index contributed by atoms with van der Waals surface area (Å²) in [5, 5.41) is 12.5. The minimum Gasteiger partial charge on any atom is -0.287 e. The van der Waals surface area contributed by atoms with E-state index >= 15 is 0 Å². The van der Waals surface area contributed by atoms with Gasteiger partial charge >= 0.3 is 0 Å². The molecule has 4 aromatic rings. The number of nitrogens with one attached hydrogen (secondary N) is 1. The predicted molar refractivity (Wildman–Crippen MR) is 81.6 cm³/mol. The maximum atomic E-state index is 12.6. The fraction of sp³-hybridized carbons (Fsp3) is 0. The Bertz CT molecular complexity index is 1050. The Hall–Kier alpha value is -3.39. The smallest absolute Gasteiger partial charge is 0.212 e. The number of benzene rings is 2. The quantitative estimate of drug-likeness (QED) is 0.576. The Morgan fingerprint density at radius 1 is 1.09 bits per heavy atom. The maximum Gasteiger partial charge on any atom is 0.212 e. The molecule has 2 aromatic heterocycles. The highest BCUT2D eigenvalue weighted by Crippen LogP contribution is 2.22. The van der Waals surface area contributed by atoms with E-state index in [9.17, 15) is 10.1 Å². The summed E-state index contributed by atoms with van der Waals surface area (Å²) in [7, 11) is 0. The van der Waals surface area contributed by atoms with Gasteiger partial charge in [-0.15, -0.1) is 0 Å². The third kappa shape index (κ3) is 1.64. The van der Waals surface area contributed by atoms with Crippen LogP contribution in [0.25, 0.3) is 16.7 Å². The molecule has 0 unspecified atom stereocenters. The molecule has 0 radical (unpaired) electrons. The summed E-state index contributed by atoms with van der Waals surface area (Å²) >= 11 is 0. The van der Waals surface area contributed by atoms with Gasteiger partial charge in [-0.25, -0.2) is 9.50 Å². The molecule has 0 spiro atoms. The number of hydrogen-bond acceptors (Lipinski definition) is 3. The molecule has 104 valence electrons. The number of nitrogens with zero attached hydrogens (tertiary/aromatic N) is 3. The van der Waals surface area contributed by atoms with E-state index in [2.05, 4.69) is 16.2 Å². The minimum absolute atomic E-state index is 0.216. The van der Waals surface area contributed by atoms with Crippen LogP contribution in [0.4, 0.5) is 0 Å². The molecule has 0 aliphatic carbocycles. The van der Waals surface area contributed by atoms with Crippen molar-refractivity contribution in [2.75, 3.05) is 0 Å². The number of fused-ring (bicyclic) bond motifs is 3. The van der Waals surface area contributed by atoms with E-state index in [1.807, 2.05) is 30.3 Å². The zero-order valence-corrected chi connectivity index (χ0v) is 11.4. The number of H-pyrrole nitrogens is 1. The van der Waals surface area contributed by atoms with E-state index in [1.54, 1.807) is 28.8 Å². The van der Waals surface area contributed by atoms with Crippen LogP contribution in [0.1, 0.15) is 21.6 Å². The second-order valence-electron chi connectivity index (χ2n) is 4.93. The molecule has 0 saturated heterocycles. The third-order valence-corrected chi connectivity index (χ3v) is 3.63. The first-order valence-corrected chi connectivity index (χ1v) is 6.78. The summed E-state index contributed by atoms with van der Waals surface area (Å²) in [5.41, 5.74) is 3.16. The van der Waals surface area contributed by atoms with E-state index in [-0.39, 0.29) is 17.0 Å². The fourth-order valence-corrected chi connectivity index (χ4v) is 2.59. The summed E-state index contributed by atoms with van der Waals surface area (Å²) in [6.07, 6.45) is 0. The van der Waals surface area contributed by atoms with Crippen LogP contribution < -0.4 is 0 Å². The first-order chi connectivity index (χ1) is 10.8. The van der Waals surface area contributed by atoms with Crippen LogP contribution in [0.5, 0.6) is 0 Å². The lowest BCUT2D eigenvalue weighted by Gasteiger charge is -1.98. The van der Waals surface area contributed by atoms with Gasteiger partial charge in [-0.2, -0.15) is 5.26 Å². The van der Waals surface area contributed by atoms with E-state index in [4.69, 9.17) is 0 Å². The van der Waals surface area contributed by atoms with Crippen molar-refractivity contribution in [2.45, 2.75) is 0 Å². The van der Waals surface area contributed by atoms with Crippen LogP contribution in [-0.2, 0) is 0 Å². The number of carbonyl (C=O) groups is 1. The Morgan fingerprint density at radius 3 is 2.59 bits per heavy atom. The van der Waals surface area contributed by atoms with Gasteiger partial charge in [0.05, 0.1) is 11.0 Å². The van der Waals surface area contributed by atoms with Crippen molar-refractivity contribution in [3.8, 4) is 6.07 Å². The van der Waals surface area contributed by atoms with Crippen LogP contribution in [0.15, 0.2) is 54.6 Å². The number of ketones is 1. The van der Waals surface area contributed by atoms with Crippen LogP contribution in [-0.4, -0.2) is 20.4 Å². The molecule has 5 heteroatoms. The van der Waals surface area contributed by atoms with Gasteiger partial charge in [0.2, 0.25) is 5.78 Å². The van der Waals surface area contributed by atoms with Crippen molar-refractivity contribution in [1.29, 1.82) is 5.26 Å². The van der Waals surface area contributed by atoms with Gasteiger partial charge in [-0.05, 0) is 12.1 Å². The van der Waals surface area contributed by atoms with Crippen LogP contribution in [0.2, 0.25) is 0 Å². The molecule has 0 atom stereocenters. The van der Waals surface area contributed by atoms with E-state index < -0.39 is 0 Å². The molecule has 1 N–H and O–H groups in total. The normalized spacial score (nSPS) is 10.9. The first-order valence-electron chi connectivity index (χ1n) is 6.78. The summed E-state index contributed by atoms with van der Waals surface area (Å²) < 4.78 is 1.68. The van der Waals surface area contributed by atoms with Crippen molar-refractivity contribution in [3.05, 3.63) is 71.4 Å². The van der Waals surface area contributed by atoms with E-state index in [0.29, 0.717) is 11.2 Å². The number of para-hydroxylation sites is 2. The predicted octanol–water partition coefficient (Wildman–Crippen LogP) is 2.92. The molecule has 0 aliphatic rings.